The van der Waals surface area contributed by atoms with Crippen molar-refractivity contribution in [3.05, 3.63) is 0 Å². The largest absolute Gasteiger partial charge is 0.378 e. The maximum absolute atomic E-state index is 11.2. The second kappa shape index (κ2) is 9.75. The topological polar surface area (TPSA) is 47.6 Å². The highest BCUT2D eigenvalue weighted by Crippen LogP contribution is 1.94. The maximum atomic E-state index is 11.2. The highest BCUT2D eigenvalue weighted by molar-refractivity contribution is 5.81. The SMILES string of the molecule is CC(C)NCCOCCOCC(=O)C(C)C.[HH]. The predicted molar refractivity (Wildman–Crippen MR) is 66.7 cm³/mol. The first-order valence-corrected chi connectivity index (χ1v) is 5.95. The Hall–Kier alpha value is -0.450. The zero-order chi connectivity index (χ0) is 12.4. The number of hydrogen-bond acceptors (Lipinski definition) is 4. The normalized spacial score (nSPS) is 11.4. The highest BCUT2D eigenvalue weighted by atomic mass is 16.5. The fourth-order valence-electron chi connectivity index (χ4n) is 0.979. The van der Waals surface area contributed by atoms with Crippen LogP contribution in [-0.2, 0) is 14.3 Å². The average Bonchev–Trinajstić information content (AvgIpc) is 2.21. The van der Waals surface area contributed by atoms with Crippen LogP contribution in [0.5, 0.6) is 0 Å². The summed E-state index contributed by atoms with van der Waals surface area (Å²) in [5, 5.41) is 3.25. The fourth-order valence-corrected chi connectivity index (χ4v) is 0.979. The van der Waals surface area contributed by atoms with Crippen molar-refractivity contribution < 1.29 is 15.7 Å². The quantitative estimate of drug-likeness (QED) is 0.581. The van der Waals surface area contributed by atoms with Gasteiger partial charge in [0.05, 0.1) is 19.8 Å². The molecular formula is C12H27NO3. The molecule has 0 aromatic rings. The Balaban J connectivity index is 0. The van der Waals surface area contributed by atoms with E-state index < -0.39 is 0 Å². The lowest BCUT2D eigenvalue weighted by molar-refractivity contribution is -0.127. The lowest BCUT2D eigenvalue weighted by atomic mass is 10.1. The first-order chi connectivity index (χ1) is 7.54. The zero-order valence-corrected chi connectivity index (χ0v) is 10.9. The van der Waals surface area contributed by atoms with Gasteiger partial charge in [-0.1, -0.05) is 27.7 Å². The Morgan fingerprint density at radius 3 is 2.31 bits per heavy atom. The lowest BCUT2D eigenvalue weighted by Gasteiger charge is -2.09. The summed E-state index contributed by atoms with van der Waals surface area (Å²) in [6, 6.07) is 0.489. The van der Waals surface area contributed by atoms with E-state index in [1.54, 1.807) is 0 Å². The van der Waals surface area contributed by atoms with E-state index in [2.05, 4.69) is 19.2 Å². The van der Waals surface area contributed by atoms with E-state index in [1.165, 1.54) is 0 Å². The molecule has 0 saturated heterocycles. The van der Waals surface area contributed by atoms with Crippen LogP contribution in [0, 0.1) is 5.92 Å². The minimum absolute atomic E-state index is 0. The Labute approximate surface area is 100 Å². The molecule has 0 unspecified atom stereocenters. The summed E-state index contributed by atoms with van der Waals surface area (Å²) in [5.74, 6) is 0.192. The molecule has 98 valence electrons. The molecule has 0 aliphatic heterocycles. The number of ketones is 1. The third kappa shape index (κ3) is 10.1. The summed E-state index contributed by atoms with van der Waals surface area (Å²) in [4.78, 5) is 11.2. The molecule has 0 bridgehead atoms. The summed E-state index contributed by atoms with van der Waals surface area (Å²) >= 11 is 0. The Morgan fingerprint density at radius 2 is 1.75 bits per heavy atom. The van der Waals surface area contributed by atoms with E-state index in [0.29, 0.717) is 25.9 Å². The predicted octanol–water partition coefficient (Wildman–Crippen LogP) is 1.49. The van der Waals surface area contributed by atoms with Crippen molar-refractivity contribution in [2.24, 2.45) is 5.92 Å². The number of carbonyl (C=O) groups excluding carboxylic acids is 1. The van der Waals surface area contributed by atoms with Gasteiger partial charge in [-0.3, -0.25) is 4.79 Å². The van der Waals surface area contributed by atoms with Gasteiger partial charge in [0, 0.05) is 19.9 Å². The second-order valence-corrected chi connectivity index (χ2v) is 4.39. The minimum atomic E-state index is 0. The number of rotatable bonds is 10. The summed E-state index contributed by atoms with van der Waals surface area (Å²) in [6.45, 7) is 10.7. The zero-order valence-electron chi connectivity index (χ0n) is 10.9. The highest BCUT2D eigenvalue weighted by Gasteiger charge is 2.06. The van der Waals surface area contributed by atoms with Gasteiger partial charge in [0.2, 0.25) is 0 Å². The number of nitrogens with one attached hydrogen (secondary N) is 1. The minimum Gasteiger partial charge on any atom is -0.378 e. The van der Waals surface area contributed by atoms with Crippen LogP contribution in [0.4, 0.5) is 0 Å². The van der Waals surface area contributed by atoms with Crippen molar-refractivity contribution >= 4 is 5.78 Å². The molecule has 0 aromatic carbocycles. The molecule has 0 atom stereocenters. The molecule has 1 N–H and O–H groups in total. The molecular weight excluding hydrogens is 206 g/mol. The number of ether oxygens (including phenoxy) is 2. The van der Waals surface area contributed by atoms with Crippen LogP contribution in [0.15, 0.2) is 0 Å². The van der Waals surface area contributed by atoms with E-state index in [1.807, 2.05) is 13.8 Å². The molecule has 4 heteroatoms. The molecule has 16 heavy (non-hydrogen) atoms. The summed E-state index contributed by atoms with van der Waals surface area (Å²) < 4.78 is 10.5. The van der Waals surface area contributed by atoms with Crippen molar-refractivity contribution in [1.82, 2.24) is 5.32 Å². The molecule has 0 aliphatic rings. The molecule has 0 heterocycles. The van der Waals surface area contributed by atoms with E-state index in [9.17, 15) is 4.79 Å². The molecule has 0 aliphatic carbocycles. The van der Waals surface area contributed by atoms with Crippen LogP contribution in [0.25, 0.3) is 0 Å². The smallest absolute Gasteiger partial charge is 0.160 e. The molecule has 0 aromatic heterocycles. The van der Waals surface area contributed by atoms with E-state index in [-0.39, 0.29) is 19.7 Å². The number of hydrogen-bond donors (Lipinski definition) is 1. The van der Waals surface area contributed by atoms with Crippen molar-refractivity contribution in [1.29, 1.82) is 0 Å². The van der Waals surface area contributed by atoms with Gasteiger partial charge in [-0.25, -0.2) is 0 Å². The summed E-state index contributed by atoms with van der Waals surface area (Å²) in [5.41, 5.74) is 0. The van der Waals surface area contributed by atoms with Gasteiger partial charge in [-0.15, -0.1) is 0 Å². The Morgan fingerprint density at radius 1 is 1.12 bits per heavy atom. The van der Waals surface area contributed by atoms with Gasteiger partial charge >= 0.3 is 0 Å². The van der Waals surface area contributed by atoms with Crippen LogP contribution in [0.2, 0.25) is 0 Å². The second-order valence-electron chi connectivity index (χ2n) is 4.39. The van der Waals surface area contributed by atoms with Crippen molar-refractivity contribution in [2.45, 2.75) is 33.7 Å². The van der Waals surface area contributed by atoms with Crippen molar-refractivity contribution in [3.8, 4) is 0 Å². The van der Waals surface area contributed by atoms with Gasteiger partial charge < -0.3 is 14.8 Å². The monoisotopic (exact) mass is 233 g/mol. The maximum Gasteiger partial charge on any atom is 0.160 e. The number of Topliss-reactive ketones (excluding diaryl/α,β-unsaturated/α-hetero) is 1. The van der Waals surface area contributed by atoms with Crippen LogP contribution in [-0.4, -0.2) is 44.8 Å². The van der Waals surface area contributed by atoms with Crippen LogP contribution in [0.1, 0.15) is 29.1 Å². The molecule has 4 nitrogen and oxygen atoms in total. The Kier molecular flexibility index (Phi) is 9.48. The summed E-state index contributed by atoms with van der Waals surface area (Å²) in [7, 11) is 0. The molecule has 0 rings (SSSR count). The van der Waals surface area contributed by atoms with Gasteiger partial charge in [0.15, 0.2) is 5.78 Å². The number of carbonyl (C=O) groups is 1. The van der Waals surface area contributed by atoms with E-state index in [4.69, 9.17) is 9.47 Å². The third-order valence-corrected chi connectivity index (χ3v) is 2.06. The van der Waals surface area contributed by atoms with Crippen LogP contribution in [0.3, 0.4) is 0 Å². The molecule has 0 amide bonds. The molecule has 0 fully saturated rings. The van der Waals surface area contributed by atoms with Crippen molar-refractivity contribution in [3.63, 3.8) is 0 Å². The van der Waals surface area contributed by atoms with Gasteiger partial charge in [-0.05, 0) is 0 Å². The molecule has 0 saturated carbocycles. The van der Waals surface area contributed by atoms with E-state index in [0.717, 1.165) is 6.54 Å². The first kappa shape index (κ1) is 15.6. The molecule has 0 radical (unpaired) electrons. The third-order valence-electron chi connectivity index (χ3n) is 2.06. The van der Waals surface area contributed by atoms with Gasteiger partial charge in [-0.2, -0.15) is 0 Å². The first-order valence-electron chi connectivity index (χ1n) is 5.95. The van der Waals surface area contributed by atoms with Crippen molar-refractivity contribution in [2.75, 3.05) is 33.0 Å². The van der Waals surface area contributed by atoms with Crippen LogP contribution >= 0.6 is 0 Å². The van der Waals surface area contributed by atoms with Gasteiger partial charge in [0.25, 0.3) is 0 Å². The average molecular weight is 233 g/mol. The van der Waals surface area contributed by atoms with Crippen LogP contribution < -0.4 is 5.32 Å². The van der Waals surface area contributed by atoms with E-state index >= 15 is 0 Å². The lowest BCUT2D eigenvalue weighted by Crippen LogP contribution is -2.27. The molecule has 0 spiro atoms. The summed E-state index contributed by atoms with van der Waals surface area (Å²) in [6.07, 6.45) is 0. The Bertz CT molecular complexity index is 187. The standard InChI is InChI=1S/C12H25NO3.H2/c1-10(2)12(14)9-16-8-7-15-6-5-13-11(3)4;/h10-11,13H,5-9H2,1-4H3;1H. The van der Waals surface area contributed by atoms with Gasteiger partial charge in [0.1, 0.15) is 6.61 Å². The fraction of sp³-hybridized carbons (Fsp3) is 0.917.